The van der Waals surface area contributed by atoms with Crippen LogP contribution in [0.4, 0.5) is 5.13 Å². The Morgan fingerprint density at radius 2 is 1.66 bits per heavy atom. The first-order valence-electron chi connectivity index (χ1n) is 11.1. The molecule has 6 nitrogen and oxygen atoms in total. The van der Waals surface area contributed by atoms with E-state index in [1.165, 1.54) is 16.9 Å². The van der Waals surface area contributed by atoms with Crippen molar-refractivity contribution >= 4 is 28.3 Å². The van der Waals surface area contributed by atoms with Gasteiger partial charge in [0, 0.05) is 43.2 Å². The number of nitrogens with zero attached hydrogens (tertiary/aromatic N) is 3. The third kappa shape index (κ3) is 4.45. The largest absolute Gasteiger partial charge is 0.340 e. The number of anilines is 1. The summed E-state index contributed by atoms with van der Waals surface area (Å²) in [5, 5.41) is 3.47. The smallest absolute Gasteiger partial charge is 0.257 e. The van der Waals surface area contributed by atoms with Crippen LogP contribution in [0, 0.1) is 0 Å². The van der Waals surface area contributed by atoms with Crippen molar-refractivity contribution < 1.29 is 9.59 Å². The molecule has 1 aromatic heterocycles. The quantitative estimate of drug-likeness (QED) is 0.648. The lowest BCUT2D eigenvalue weighted by atomic mass is 10.1. The van der Waals surface area contributed by atoms with E-state index in [9.17, 15) is 9.59 Å². The molecule has 2 aromatic carbocycles. The van der Waals surface area contributed by atoms with Crippen molar-refractivity contribution in [2.45, 2.75) is 25.3 Å². The minimum atomic E-state index is -0.190. The number of hydrogen-bond acceptors (Lipinski definition) is 5. The second-order valence-corrected chi connectivity index (χ2v) is 9.41. The number of aryl methyl sites for hydroxylation is 1. The van der Waals surface area contributed by atoms with Gasteiger partial charge < -0.3 is 4.90 Å². The lowest BCUT2D eigenvalue weighted by molar-refractivity contribution is -0.134. The highest BCUT2D eigenvalue weighted by Crippen LogP contribution is 2.39. The van der Waals surface area contributed by atoms with Crippen molar-refractivity contribution in [3.8, 4) is 0 Å². The van der Waals surface area contributed by atoms with Gasteiger partial charge in [-0.25, -0.2) is 4.98 Å². The molecule has 1 atom stereocenters. The van der Waals surface area contributed by atoms with Crippen LogP contribution in [0.15, 0.2) is 60.7 Å². The normalized spacial score (nSPS) is 18.4. The average Bonchev–Trinajstić information content (AvgIpc) is 3.40. The van der Waals surface area contributed by atoms with Crippen molar-refractivity contribution in [1.82, 2.24) is 14.8 Å². The van der Waals surface area contributed by atoms with Gasteiger partial charge in [-0.1, -0.05) is 48.5 Å². The van der Waals surface area contributed by atoms with Crippen LogP contribution in [0.3, 0.4) is 0 Å². The van der Waals surface area contributed by atoms with E-state index in [4.69, 9.17) is 0 Å². The van der Waals surface area contributed by atoms with Gasteiger partial charge in [-0.2, -0.15) is 0 Å². The molecule has 5 rings (SSSR count). The van der Waals surface area contributed by atoms with Gasteiger partial charge in [0.15, 0.2) is 5.13 Å². The molecule has 7 heteroatoms. The van der Waals surface area contributed by atoms with Gasteiger partial charge in [-0.15, -0.1) is 11.3 Å². The number of rotatable bonds is 5. The summed E-state index contributed by atoms with van der Waals surface area (Å²) < 4.78 is 0. The second-order valence-electron chi connectivity index (χ2n) is 8.33. The zero-order valence-electron chi connectivity index (χ0n) is 17.9. The first-order valence-corrected chi connectivity index (χ1v) is 11.9. The molecule has 1 saturated heterocycles. The molecule has 1 aliphatic heterocycles. The van der Waals surface area contributed by atoms with Gasteiger partial charge in [0.05, 0.1) is 11.6 Å². The van der Waals surface area contributed by atoms with E-state index < -0.39 is 0 Å². The summed E-state index contributed by atoms with van der Waals surface area (Å²) in [5.74, 6) is -0.186. The summed E-state index contributed by atoms with van der Waals surface area (Å²) in [6.45, 7) is 4.19. The van der Waals surface area contributed by atoms with E-state index in [0.29, 0.717) is 10.7 Å². The van der Waals surface area contributed by atoms with Crippen LogP contribution in [-0.2, 0) is 17.8 Å². The zero-order valence-corrected chi connectivity index (χ0v) is 18.7. The summed E-state index contributed by atoms with van der Waals surface area (Å²) in [5.41, 5.74) is 2.76. The van der Waals surface area contributed by atoms with Gasteiger partial charge in [-0.05, 0) is 30.5 Å². The molecule has 0 radical (unpaired) electrons. The summed E-state index contributed by atoms with van der Waals surface area (Å²) in [6.07, 6.45) is 1.66. The third-order valence-corrected chi connectivity index (χ3v) is 7.25. The van der Waals surface area contributed by atoms with Crippen molar-refractivity contribution in [2.75, 3.05) is 31.5 Å². The Kier molecular flexibility index (Phi) is 6.01. The van der Waals surface area contributed by atoms with Gasteiger partial charge in [0.1, 0.15) is 0 Å². The molecule has 1 aliphatic carbocycles. The van der Waals surface area contributed by atoms with Crippen LogP contribution in [0.2, 0.25) is 0 Å². The van der Waals surface area contributed by atoms with Gasteiger partial charge in [-0.3, -0.25) is 19.8 Å². The highest BCUT2D eigenvalue weighted by Gasteiger charge is 2.36. The van der Waals surface area contributed by atoms with E-state index in [1.54, 1.807) is 12.1 Å². The standard InChI is InChI=1S/C25H26N4O2S/c30-23(19-9-5-2-6-10-19)27-25-26-22-20(11-12-21(22)32-25)24(31)29-15-13-28(14-16-29)17-18-7-3-1-4-8-18/h1-10,20H,11-17H2,(H,26,27,30). The van der Waals surface area contributed by atoms with Gasteiger partial charge >= 0.3 is 0 Å². The van der Waals surface area contributed by atoms with Crippen LogP contribution >= 0.6 is 11.3 Å². The Balaban J connectivity index is 1.19. The molecule has 2 heterocycles. The summed E-state index contributed by atoms with van der Waals surface area (Å²) in [7, 11) is 0. The fourth-order valence-electron chi connectivity index (χ4n) is 4.47. The molecule has 2 amide bonds. The predicted octanol–water partition coefficient (Wildman–Crippen LogP) is 3.77. The maximum absolute atomic E-state index is 13.3. The van der Waals surface area contributed by atoms with Crippen LogP contribution in [0.5, 0.6) is 0 Å². The van der Waals surface area contributed by atoms with E-state index >= 15 is 0 Å². The second kappa shape index (κ2) is 9.22. The number of piperazine rings is 1. The minimum Gasteiger partial charge on any atom is -0.340 e. The monoisotopic (exact) mass is 446 g/mol. The minimum absolute atomic E-state index is 0.171. The highest BCUT2D eigenvalue weighted by molar-refractivity contribution is 7.16. The molecule has 164 valence electrons. The maximum Gasteiger partial charge on any atom is 0.257 e. The molecular weight excluding hydrogens is 420 g/mol. The number of thiazole rings is 1. The SMILES string of the molecule is O=C(Nc1nc2c(s1)CCC2C(=O)N1CCN(Cc2ccccc2)CC1)c1ccccc1. The number of benzene rings is 2. The highest BCUT2D eigenvalue weighted by atomic mass is 32.1. The van der Waals surface area contributed by atoms with E-state index in [2.05, 4.69) is 39.5 Å². The molecule has 1 unspecified atom stereocenters. The Morgan fingerprint density at radius 3 is 2.38 bits per heavy atom. The predicted molar refractivity (Wildman–Crippen MR) is 126 cm³/mol. The van der Waals surface area contributed by atoms with E-state index in [0.717, 1.165) is 56.1 Å². The summed E-state index contributed by atoms with van der Waals surface area (Å²) in [6, 6.07) is 19.6. The van der Waals surface area contributed by atoms with Gasteiger partial charge in [0.2, 0.25) is 5.91 Å². The molecule has 0 bridgehead atoms. The fraction of sp³-hybridized carbons (Fsp3) is 0.320. The first-order chi connectivity index (χ1) is 15.7. The number of hydrogen-bond donors (Lipinski definition) is 1. The molecule has 2 aliphatic rings. The van der Waals surface area contributed by atoms with Crippen LogP contribution in [0.25, 0.3) is 0 Å². The number of aromatic nitrogens is 1. The number of carbonyl (C=O) groups is 2. The van der Waals surface area contributed by atoms with Crippen LogP contribution < -0.4 is 5.32 Å². The molecule has 0 saturated carbocycles. The van der Waals surface area contributed by atoms with Crippen molar-refractivity contribution in [2.24, 2.45) is 0 Å². The summed E-state index contributed by atoms with van der Waals surface area (Å²) in [4.78, 5) is 35.9. The lowest BCUT2D eigenvalue weighted by Gasteiger charge is -2.36. The number of nitrogens with one attached hydrogen (secondary N) is 1. The van der Waals surface area contributed by atoms with Crippen LogP contribution in [0.1, 0.15) is 38.8 Å². The van der Waals surface area contributed by atoms with Crippen molar-refractivity contribution in [3.63, 3.8) is 0 Å². The fourth-order valence-corrected chi connectivity index (χ4v) is 5.50. The Labute approximate surface area is 191 Å². The molecular formula is C25H26N4O2S. The lowest BCUT2D eigenvalue weighted by Crippen LogP contribution is -2.49. The first kappa shape index (κ1) is 20.8. The molecule has 32 heavy (non-hydrogen) atoms. The van der Waals surface area contributed by atoms with Crippen molar-refractivity contribution in [3.05, 3.63) is 82.4 Å². The van der Waals surface area contributed by atoms with Crippen molar-refractivity contribution in [1.29, 1.82) is 0 Å². The molecule has 1 N–H and O–H groups in total. The Bertz CT molecular complexity index is 1090. The Morgan fingerprint density at radius 1 is 0.969 bits per heavy atom. The van der Waals surface area contributed by atoms with E-state index in [1.807, 2.05) is 29.2 Å². The van der Waals surface area contributed by atoms with Gasteiger partial charge in [0.25, 0.3) is 5.91 Å². The number of fused-ring (bicyclic) bond motifs is 1. The maximum atomic E-state index is 13.3. The Hall–Kier alpha value is -3.03. The number of carbonyl (C=O) groups excluding carboxylic acids is 2. The summed E-state index contributed by atoms with van der Waals surface area (Å²) >= 11 is 1.49. The van der Waals surface area contributed by atoms with E-state index in [-0.39, 0.29) is 17.7 Å². The zero-order chi connectivity index (χ0) is 21.9. The molecule has 3 aromatic rings. The number of amides is 2. The van der Waals surface area contributed by atoms with Crippen LogP contribution in [-0.4, -0.2) is 52.8 Å². The third-order valence-electron chi connectivity index (χ3n) is 6.21. The topological polar surface area (TPSA) is 65.5 Å². The molecule has 0 spiro atoms. The molecule has 1 fully saturated rings. The average molecular weight is 447 g/mol.